The highest BCUT2D eigenvalue weighted by atomic mass is 127. The van der Waals surface area contributed by atoms with Gasteiger partial charge in [-0.3, -0.25) is 23.5 Å². The molecule has 0 saturated carbocycles. The number of aryl methyl sites for hydroxylation is 1. The van der Waals surface area contributed by atoms with Gasteiger partial charge in [-0.25, -0.2) is 4.79 Å². The van der Waals surface area contributed by atoms with Crippen molar-refractivity contribution in [2.24, 2.45) is 7.05 Å². The van der Waals surface area contributed by atoms with E-state index in [1.165, 1.54) is 47.5 Å². The molecule has 0 amide bonds. The van der Waals surface area contributed by atoms with Gasteiger partial charge in [-0.2, -0.15) is 13.8 Å². The van der Waals surface area contributed by atoms with Gasteiger partial charge in [0.1, 0.15) is 11.5 Å². The van der Waals surface area contributed by atoms with Crippen LogP contribution in [0.4, 0.5) is 8.78 Å². The molecule has 3 aromatic rings. The van der Waals surface area contributed by atoms with Gasteiger partial charge in [-0.1, -0.05) is 28.8 Å². The van der Waals surface area contributed by atoms with E-state index in [2.05, 4.69) is 21.1 Å². The lowest BCUT2D eigenvalue weighted by molar-refractivity contribution is -0.114. The molecule has 0 radical (unpaired) electrons. The number of rotatable bonds is 12. The SMILES string of the molecule is C=C/C=C(\C=C(/C)OC(F)(F)I=C)Oc1nc2c(c(=O)n(CCCO)c(=O)n2C)n1Cc1ccc(Cl)cn1. The number of aliphatic hydroxyl groups excluding tert-OH is 1. The van der Waals surface area contributed by atoms with Gasteiger partial charge < -0.3 is 14.6 Å². The van der Waals surface area contributed by atoms with E-state index in [1.54, 1.807) is 12.1 Å². The van der Waals surface area contributed by atoms with E-state index < -0.39 is 36.1 Å². The van der Waals surface area contributed by atoms with E-state index in [-0.39, 0.29) is 54.8 Å². The van der Waals surface area contributed by atoms with Crippen LogP contribution in [-0.2, 0) is 24.9 Å². The molecule has 0 fully saturated rings. The van der Waals surface area contributed by atoms with Crippen LogP contribution in [-0.4, -0.2) is 44.0 Å². The molecule has 14 heteroatoms. The quantitative estimate of drug-likeness (QED) is 0.136. The van der Waals surface area contributed by atoms with Crippen molar-refractivity contribution in [2.75, 3.05) is 6.61 Å². The fraction of sp³-hybridized carbons (Fsp3) is 0.292. The Morgan fingerprint density at radius 3 is 2.66 bits per heavy atom. The van der Waals surface area contributed by atoms with E-state index in [1.807, 2.05) is 0 Å². The average molecular weight is 664 g/mol. The van der Waals surface area contributed by atoms with Crippen molar-refractivity contribution in [1.29, 1.82) is 0 Å². The average Bonchev–Trinajstić information content (AvgIpc) is 3.21. The van der Waals surface area contributed by atoms with E-state index in [9.17, 15) is 23.5 Å². The van der Waals surface area contributed by atoms with Gasteiger partial charge in [0, 0.05) is 53.2 Å². The Kier molecular flexibility index (Phi) is 9.73. The molecule has 3 heterocycles. The Labute approximate surface area is 230 Å². The second kappa shape index (κ2) is 12.6. The number of pyridine rings is 1. The number of fused-ring (bicyclic) bond motifs is 1. The van der Waals surface area contributed by atoms with Gasteiger partial charge in [-0.15, -0.1) is 0 Å². The molecule has 0 saturated heterocycles. The third-order valence-electron chi connectivity index (χ3n) is 5.12. The zero-order chi connectivity index (χ0) is 28.0. The summed E-state index contributed by atoms with van der Waals surface area (Å²) in [6.07, 6.45) is 5.61. The molecule has 0 aromatic carbocycles. The second-order valence-corrected chi connectivity index (χ2v) is 10.3. The van der Waals surface area contributed by atoms with Gasteiger partial charge in [0.05, 0.1) is 17.3 Å². The molecule has 0 aliphatic heterocycles. The van der Waals surface area contributed by atoms with Crippen LogP contribution < -0.4 is 16.0 Å². The first kappa shape index (κ1) is 29.4. The summed E-state index contributed by atoms with van der Waals surface area (Å²) in [6.45, 7) is 4.72. The van der Waals surface area contributed by atoms with Crippen molar-refractivity contribution in [2.45, 2.75) is 30.5 Å². The highest BCUT2D eigenvalue weighted by Crippen LogP contribution is 2.31. The van der Waals surface area contributed by atoms with Gasteiger partial charge >= 0.3 is 15.8 Å². The zero-order valence-corrected chi connectivity index (χ0v) is 23.4. The fourth-order valence-corrected chi connectivity index (χ4v) is 4.05. The molecule has 10 nitrogen and oxygen atoms in total. The third-order valence-corrected chi connectivity index (χ3v) is 6.45. The summed E-state index contributed by atoms with van der Waals surface area (Å²) >= 11 is 4.18. The van der Waals surface area contributed by atoms with E-state index in [0.29, 0.717) is 10.7 Å². The maximum Gasteiger partial charge on any atom is 0.445 e. The molecule has 0 unspecified atom stereocenters. The number of allylic oxidation sites excluding steroid dienone is 4. The lowest BCUT2D eigenvalue weighted by Gasteiger charge is -2.14. The van der Waals surface area contributed by atoms with Crippen LogP contribution in [0.15, 0.2) is 64.2 Å². The number of aromatic nitrogens is 5. The third kappa shape index (κ3) is 6.82. The van der Waals surface area contributed by atoms with Gasteiger partial charge in [0.25, 0.3) is 5.56 Å². The van der Waals surface area contributed by atoms with E-state index >= 15 is 0 Å². The summed E-state index contributed by atoms with van der Waals surface area (Å²) in [5, 5.41) is 9.63. The number of ether oxygens (including phenoxy) is 2. The molecule has 0 spiro atoms. The number of alkyl halides is 3. The summed E-state index contributed by atoms with van der Waals surface area (Å²) in [4.78, 5) is 34.9. The Morgan fingerprint density at radius 1 is 1.32 bits per heavy atom. The van der Waals surface area contributed by atoms with Crippen LogP contribution in [0.2, 0.25) is 5.02 Å². The molecule has 3 rings (SSSR count). The highest BCUT2D eigenvalue weighted by molar-refractivity contribution is 14.2. The number of hydrogen-bond acceptors (Lipinski definition) is 7. The maximum absolute atomic E-state index is 13.7. The monoisotopic (exact) mass is 663 g/mol. The van der Waals surface area contributed by atoms with Crippen LogP contribution in [0.25, 0.3) is 11.2 Å². The van der Waals surface area contributed by atoms with E-state index in [0.717, 1.165) is 4.57 Å². The molecular formula is C24H25ClF2IN5O5. The van der Waals surface area contributed by atoms with Crippen molar-refractivity contribution < 1.29 is 23.4 Å². The van der Waals surface area contributed by atoms with Crippen molar-refractivity contribution in [1.82, 2.24) is 23.7 Å². The molecule has 0 aliphatic carbocycles. The Balaban J connectivity index is 2.21. The standard InChI is InChI=1S/C24H25ClF2IN5O5/c1-5-7-18(12-15(2)38-24(26,27)28-3)37-22-30-20-19(33(22)14-17-9-8-16(25)13-29-17)21(35)32(10-6-11-34)23(36)31(20)4/h5,7-9,12-13,34H,1,3,6,10-11,14H2,2,4H3/b15-12+,18-7+. The van der Waals surface area contributed by atoms with Crippen molar-refractivity contribution in [3.8, 4) is 6.01 Å². The zero-order valence-electron chi connectivity index (χ0n) is 20.5. The predicted octanol–water partition coefficient (Wildman–Crippen LogP) is 3.70. The molecule has 38 heavy (non-hydrogen) atoms. The smallest absolute Gasteiger partial charge is 0.430 e. The van der Waals surface area contributed by atoms with Crippen molar-refractivity contribution in [3.05, 3.63) is 86.2 Å². The van der Waals surface area contributed by atoms with Crippen LogP contribution >= 0.6 is 32.3 Å². The van der Waals surface area contributed by atoms with Crippen LogP contribution in [0.5, 0.6) is 6.01 Å². The molecule has 3 aromatic heterocycles. The number of hydrogen-bond donors (Lipinski definition) is 1. The second-order valence-electron chi connectivity index (χ2n) is 7.84. The molecular weight excluding hydrogens is 639 g/mol. The maximum atomic E-state index is 13.7. The first-order valence-corrected chi connectivity index (χ1v) is 14.1. The van der Waals surface area contributed by atoms with E-state index in [4.69, 9.17) is 21.1 Å². The Hall–Kier alpha value is -3.17. The molecule has 1 N–H and O–H groups in total. The fourth-order valence-electron chi connectivity index (χ4n) is 3.44. The highest BCUT2D eigenvalue weighted by Gasteiger charge is 2.28. The van der Waals surface area contributed by atoms with Crippen LogP contribution in [0.1, 0.15) is 19.0 Å². The summed E-state index contributed by atoms with van der Waals surface area (Å²) in [6, 6.07) is 3.15. The van der Waals surface area contributed by atoms with Gasteiger partial charge in [0.2, 0.25) is 0 Å². The minimum Gasteiger partial charge on any atom is -0.430 e. The lowest BCUT2D eigenvalue weighted by Crippen LogP contribution is -2.40. The predicted molar refractivity (Wildman–Crippen MR) is 149 cm³/mol. The largest absolute Gasteiger partial charge is 0.445 e. The summed E-state index contributed by atoms with van der Waals surface area (Å²) in [5.74, 6) is -0.117. The Bertz CT molecular complexity index is 1530. The first-order valence-electron chi connectivity index (χ1n) is 11.1. The number of nitrogens with zero attached hydrogens (tertiary/aromatic N) is 5. The summed E-state index contributed by atoms with van der Waals surface area (Å²) in [5.41, 5.74) is -0.692. The number of aliphatic hydroxyl groups is 1. The van der Waals surface area contributed by atoms with Crippen LogP contribution in [0, 0.1) is 0 Å². The molecule has 0 bridgehead atoms. The van der Waals surface area contributed by atoms with Crippen molar-refractivity contribution in [3.63, 3.8) is 0 Å². The number of imidazole rings is 1. The summed E-state index contributed by atoms with van der Waals surface area (Å²) < 4.78 is 41.6. The normalized spacial score (nSPS) is 12.7. The number of halogens is 4. The minimum atomic E-state index is -3.37. The van der Waals surface area contributed by atoms with Crippen LogP contribution in [0.3, 0.4) is 0 Å². The minimum absolute atomic E-state index is 0.00101. The first-order chi connectivity index (χ1) is 18.0. The summed E-state index contributed by atoms with van der Waals surface area (Å²) in [7, 11) is 1.45. The molecule has 0 aliphatic rings. The lowest BCUT2D eigenvalue weighted by atomic mass is 10.3. The van der Waals surface area contributed by atoms with Gasteiger partial charge in [0.15, 0.2) is 11.2 Å². The molecule has 0 atom stereocenters. The molecule has 204 valence electrons. The topological polar surface area (TPSA) is 113 Å². The Morgan fingerprint density at radius 2 is 2.05 bits per heavy atom. The van der Waals surface area contributed by atoms with Crippen molar-refractivity contribution >= 4 is 48.0 Å². The van der Waals surface area contributed by atoms with Gasteiger partial charge in [-0.05, 0) is 31.6 Å².